The van der Waals surface area contributed by atoms with Crippen LogP contribution in [-0.4, -0.2) is 14.8 Å². The standard InChI is InChI=1S/C14H18N4/c1-10-7-8-18-12(9-10)16-17-14(18)13(15)11-5-3-2-4-6-11/h2-6,10,13H,7-9,15H2,1H3. The van der Waals surface area contributed by atoms with Gasteiger partial charge in [-0.15, -0.1) is 10.2 Å². The van der Waals surface area contributed by atoms with E-state index < -0.39 is 0 Å². The van der Waals surface area contributed by atoms with Crippen LogP contribution in [0.2, 0.25) is 0 Å². The fourth-order valence-electron chi connectivity index (χ4n) is 2.55. The molecule has 0 fully saturated rings. The van der Waals surface area contributed by atoms with E-state index in [2.05, 4.69) is 21.7 Å². The molecule has 2 heterocycles. The highest BCUT2D eigenvalue weighted by Crippen LogP contribution is 2.24. The van der Waals surface area contributed by atoms with Gasteiger partial charge in [-0.05, 0) is 17.9 Å². The molecule has 0 bridgehead atoms. The quantitative estimate of drug-likeness (QED) is 0.875. The Morgan fingerprint density at radius 1 is 1.28 bits per heavy atom. The minimum absolute atomic E-state index is 0.180. The number of rotatable bonds is 2. The molecular weight excluding hydrogens is 224 g/mol. The first-order valence-electron chi connectivity index (χ1n) is 6.48. The number of hydrogen-bond donors (Lipinski definition) is 1. The topological polar surface area (TPSA) is 56.7 Å². The predicted molar refractivity (Wildman–Crippen MR) is 70.0 cm³/mol. The molecule has 0 radical (unpaired) electrons. The third-order valence-electron chi connectivity index (χ3n) is 3.67. The van der Waals surface area contributed by atoms with Crippen LogP contribution in [0.15, 0.2) is 30.3 Å². The van der Waals surface area contributed by atoms with Gasteiger partial charge < -0.3 is 10.3 Å². The lowest BCUT2D eigenvalue weighted by atomic mass is 9.99. The Bertz CT molecular complexity index is 532. The second kappa shape index (κ2) is 4.53. The molecule has 2 N–H and O–H groups in total. The van der Waals surface area contributed by atoms with Crippen LogP contribution in [0.4, 0.5) is 0 Å². The maximum absolute atomic E-state index is 6.30. The van der Waals surface area contributed by atoms with E-state index >= 15 is 0 Å². The molecule has 2 atom stereocenters. The average Bonchev–Trinajstić information content (AvgIpc) is 2.81. The summed E-state index contributed by atoms with van der Waals surface area (Å²) in [6.07, 6.45) is 2.19. The van der Waals surface area contributed by atoms with Gasteiger partial charge in [0.15, 0.2) is 5.82 Å². The summed E-state index contributed by atoms with van der Waals surface area (Å²) in [6.45, 7) is 3.24. The number of nitrogens with zero attached hydrogens (tertiary/aromatic N) is 3. The van der Waals surface area contributed by atoms with Gasteiger partial charge in [-0.3, -0.25) is 0 Å². The number of hydrogen-bond acceptors (Lipinski definition) is 3. The molecule has 4 nitrogen and oxygen atoms in total. The van der Waals surface area contributed by atoms with Crippen molar-refractivity contribution in [2.45, 2.75) is 32.4 Å². The van der Waals surface area contributed by atoms with Gasteiger partial charge in [0, 0.05) is 13.0 Å². The minimum Gasteiger partial charge on any atom is -0.318 e. The van der Waals surface area contributed by atoms with Crippen LogP contribution in [0, 0.1) is 5.92 Å². The van der Waals surface area contributed by atoms with Crippen LogP contribution in [0.5, 0.6) is 0 Å². The lowest BCUT2D eigenvalue weighted by molar-refractivity contribution is 0.400. The number of nitrogens with two attached hydrogens (primary N) is 1. The van der Waals surface area contributed by atoms with Crippen molar-refractivity contribution >= 4 is 0 Å². The van der Waals surface area contributed by atoms with Crippen molar-refractivity contribution in [3.8, 4) is 0 Å². The Morgan fingerprint density at radius 3 is 2.83 bits per heavy atom. The maximum atomic E-state index is 6.30. The van der Waals surface area contributed by atoms with Gasteiger partial charge in [0.1, 0.15) is 5.82 Å². The smallest absolute Gasteiger partial charge is 0.154 e. The van der Waals surface area contributed by atoms with E-state index in [0.29, 0.717) is 5.92 Å². The largest absolute Gasteiger partial charge is 0.318 e. The van der Waals surface area contributed by atoms with Gasteiger partial charge in [0.05, 0.1) is 6.04 Å². The zero-order valence-corrected chi connectivity index (χ0v) is 10.6. The second-order valence-corrected chi connectivity index (χ2v) is 5.11. The van der Waals surface area contributed by atoms with Crippen LogP contribution in [0.1, 0.15) is 36.6 Å². The molecule has 1 aliphatic heterocycles. The average molecular weight is 242 g/mol. The van der Waals surface area contributed by atoms with Crippen LogP contribution in [0.3, 0.4) is 0 Å². The first-order valence-corrected chi connectivity index (χ1v) is 6.48. The van der Waals surface area contributed by atoms with Crippen molar-refractivity contribution in [2.75, 3.05) is 0 Å². The van der Waals surface area contributed by atoms with Crippen LogP contribution in [-0.2, 0) is 13.0 Å². The molecule has 1 aromatic carbocycles. The van der Waals surface area contributed by atoms with Crippen molar-refractivity contribution in [1.29, 1.82) is 0 Å². The SMILES string of the molecule is CC1CCn2c(nnc2C(N)c2ccccc2)C1. The van der Waals surface area contributed by atoms with E-state index in [-0.39, 0.29) is 6.04 Å². The highest BCUT2D eigenvalue weighted by atomic mass is 15.3. The third kappa shape index (κ3) is 1.93. The van der Waals surface area contributed by atoms with Crippen molar-refractivity contribution in [3.63, 3.8) is 0 Å². The molecule has 0 saturated heterocycles. The van der Waals surface area contributed by atoms with E-state index in [4.69, 9.17) is 5.73 Å². The summed E-state index contributed by atoms with van der Waals surface area (Å²) in [5.74, 6) is 2.67. The van der Waals surface area contributed by atoms with E-state index in [0.717, 1.165) is 30.2 Å². The predicted octanol–water partition coefficient (Wildman–Crippen LogP) is 1.91. The first-order chi connectivity index (χ1) is 8.75. The fourth-order valence-corrected chi connectivity index (χ4v) is 2.55. The van der Waals surface area contributed by atoms with Crippen molar-refractivity contribution in [2.24, 2.45) is 11.7 Å². The lowest BCUT2D eigenvalue weighted by Crippen LogP contribution is -2.23. The molecule has 4 heteroatoms. The van der Waals surface area contributed by atoms with Crippen LogP contribution >= 0.6 is 0 Å². The normalized spacial score (nSPS) is 20.4. The van der Waals surface area contributed by atoms with Gasteiger partial charge in [0.2, 0.25) is 0 Å². The zero-order chi connectivity index (χ0) is 12.5. The van der Waals surface area contributed by atoms with Gasteiger partial charge in [-0.1, -0.05) is 37.3 Å². The molecule has 1 aromatic heterocycles. The maximum Gasteiger partial charge on any atom is 0.154 e. The summed E-state index contributed by atoms with van der Waals surface area (Å²) >= 11 is 0. The summed E-state index contributed by atoms with van der Waals surface area (Å²) in [4.78, 5) is 0. The third-order valence-corrected chi connectivity index (χ3v) is 3.67. The number of benzene rings is 1. The van der Waals surface area contributed by atoms with E-state index in [9.17, 15) is 0 Å². The summed E-state index contributed by atoms with van der Waals surface area (Å²) in [5.41, 5.74) is 7.39. The molecular formula is C14H18N4. The van der Waals surface area contributed by atoms with Gasteiger partial charge in [-0.25, -0.2) is 0 Å². The summed E-state index contributed by atoms with van der Waals surface area (Å²) in [7, 11) is 0. The Labute approximate surface area is 107 Å². The molecule has 0 spiro atoms. The highest BCUT2D eigenvalue weighted by Gasteiger charge is 2.23. The van der Waals surface area contributed by atoms with Crippen molar-refractivity contribution in [3.05, 3.63) is 47.5 Å². The Kier molecular flexibility index (Phi) is 2.88. The van der Waals surface area contributed by atoms with Crippen LogP contribution < -0.4 is 5.73 Å². The fraction of sp³-hybridized carbons (Fsp3) is 0.429. The first kappa shape index (κ1) is 11.4. The molecule has 0 saturated carbocycles. The lowest BCUT2D eigenvalue weighted by Gasteiger charge is -2.22. The molecule has 2 unspecified atom stereocenters. The van der Waals surface area contributed by atoms with Crippen LogP contribution in [0.25, 0.3) is 0 Å². The van der Waals surface area contributed by atoms with Gasteiger partial charge >= 0.3 is 0 Å². The monoisotopic (exact) mass is 242 g/mol. The molecule has 3 rings (SSSR count). The summed E-state index contributed by atoms with van der Waals surface area (Å²) in [5, 5.41) is 8.58. The minimum atomic E-state index is -0.180. The Balaban J connectivity index is 1.94. The molecule has 1 aliphatic rings. The second-order valence-electron chi connectivity index (χ2n) is 5.11. The molecule has 0 amide bonds. The molecule has 94 valence electrons. The molecule has 2 aromatic rings. The van der Waals surface area contributed by atoms with Gasteiger partial charge in [-0.2, -0.15) is 0 Å². The summed E-state index contributed by atoms with van der Waals surface area (Å²) < 4.78 is 2.19. The zero-order valence-electron chi connectivity index (χ0n) is 10.6. The number of aromatic nitrogens is 3. The van der Waals surface area contributed by atoms with E-state index in [1.807, 2.05) is 30.3 Å². The van der Waals surface area contributed by atoms with E-state index in [1.54, 1.807) is 0 Å². The van der Waals surface area contributed by atoms with Gasteiger partial charge in [0.25, 0.3) is 0 Å². The summed E-state index contributed by atoms with van der Waals surface area (Å²) in [6, 6.07) is 9.91. The molecule has 0 aliphatic carbocycles. The molecule has 18 heavy (non-hydrogen) atoms. The Morgan fingerprint density at radius 2 is 2.06 bits per heavy atom. The Hall–Kier alpha value is -1.68. The number of fused-ring (bicyclic) bond motifs is 1. The van der Waals surface area contributed by atoms with Crippen molar-refractivity contribution < 1.29 is 0 Å². The van der Waals surface area contributed by atoms with E-state index in [1.165, 1.54) is 6.42 Å². The van der Waals surface area contributed by atoms with Crippen molar-refractivity contribution in [1.82, 2.24) is 14.8 Å². The highest BCUT2D eigenvalue weighted by molar-refractivity contribution is 5.24.